The lowest BCUT2D eigenvalue weighted by molar-refractivity contribution is 0.422. The van der Waals surface area contributed by atoms with Crippen LogP contribution in [-0.2, 0) is 10.0 Å². The van der Waals surface area contributed by atoms with Gasteiger partial charge in [-0.1, -0.05) is 23.2 Å². The van der Waals surface area contributed by atoms with E-state index in [9.17, 15) is 8.42 Å². The van der Waals surface area contributed by atoms with Crippen molar-refractivity contribution < 1.29 is 8.42 Å². The van der Waals surface area contributed by atoms with Gasteiger partial charge in [0.1, 0.15) is 0 Å². The van der Waals surface area contributed by atoms with E-state index in [0.717, 1.165) is 12.8 Å². The average molecular weight is 329 g/mol. The van der Waals surface area contributed by atoms with Crippen molar-refractivity contribution in [2.45, 2.75) is 23.8 Å². The van der Waals surface area contributed by atoms with Crippen LogP contribution >= 0.6 is 34.8 Å². The Morgan fingerprint density at radius 2 is 1.72 bits per heavy atom. The van der Waals surface area contributed by atoms with E-state index >= 15 is 0 Å². The summed E-state index contributed by atoms with van der Waals surface area (Å²) in [5, 5.41) is 0.616. The lowest BCUT2D eigenvalue weighted by atomic mass is 10.4. The molecule has 0 radical (unpaired) electrons. The van der Waals surface area contributed by atoms with Gasteiger partial charge in [-0.25, -0.2) is 8.42 Å². The van der Waals surface area contributed by atoms with Gasteiger partial charge in [-0.3, -0.25) is 0 Å². The molecule has 1 aromatic rings. The van der Waals surface area contributed by atoms with Crippen LogP contribution in [0.2, 0.25) is 10.0 Å². The molecule has 100 valence electrons. The third-order valence-electron chi connectivity index (χ3n) is 2.70. The van der Waals surface area contributed by atoms with Crippen LogP contribution in [0.5, 0.6) is 0 Å². The fourth-order valence-corrected chi connectivity index (χ4v) is 4.45. The highest BCUT2D eigenvalue weighted by Gasteiger charge is 2.37. The summed E-state index contributed by atoms with van der Waals surface area (Å²) < 4.78 is 26.3. The Bertz CT molecular complexity index is 523. The van der Waals surface area contributed by atoms with E-state index in [2.05, 4.69) is 0 Å². The topological polar surface area (TPSA) is 37.4 Å². The van der Waals surface area contributed by atoms with Crippen LogP contribution in [0, 0.1) is 0 Å². The van der Waals surface area contributed by atoms with Crippen molar-refractivity contribution in [2.24, 2.45) is 0 Å². The zero-order valence-corrected chi connectivity index (χ0v) is 12.5. The number of benzene rings is 1. The first-order chi connectivity index (χ1) is 8.45. The second kappa shape index (κ2) is 5.55. The molecule has 2 rings (SSSR count). The molecule has 0 aromatic heterocycles. The lowest BCUT2D eigenvalue weighted by Crippen LogP contribution is -2.34. The van der Waals surface area contributed by atoms with Crippen LogP contribution in [0.3, 0.4) is 0 Å². The molecule has 0 N–H and O–H groups in total. The summed E-state index contributed by atoms with van der Waals surface area (Å²) in [4.78, 5) is 0.122. The third kappa shape index (κ3) is 3.11. The van der Waals surface area contributed by atoms with E-state index in [1.54, 1.807) is 0 Å². The van der Waals surface area contributed by atoms with Gasteiger partial charge in [0.05, 0.1) is 4.90 Å². The van der Waals surface area contributed by atoms with Crippen molar-refractivity contribution >= 4 is 44.8 Å². The van der Waals surface area contributed by atoms with Gasteiger partial charge < -0.3 is 0 Å². The van der Waals surface area contributed by atoms with E-state index in [1.807, 2.05) is 0 Å². The summed E-state index contributed by atoms with van der Waals surface area (Å²) in [7, 11) is -3.56. The van der Waals surface area contributed by atoms with E-state index in [-0.39, 0.29) is 16.8 Å². The maximum atomic E-state index is 12.5. The second-order valence-electron chi connectivity index (χ2n) is 4.14. The molecule has 1 aromatic carbocycles. The van der Waals surface area contributed by atoms with E-state index < -0.39 is 10.0 Å². The van der Waals surface area contributed by atoms with Crippen LogP contribution in [0.15, 0.2) is 23.1 Å². The molecule has 0 aliphatic heterocycles. The minimum Gasteiger partial charge on any atom is -0.207 e. The summed E-state index contributed by atoms with van der Waals surface area (Å²) in [5.74, 6) is 0.268. The van der Waals surface area contributed by atoms with E-state index in [1.165, 1.54) is 22.5 Å². The Balaban J connectivity index is 2.39. The average Bonchev–Trinajstić information content (AvgIpc) is 3.08. The SMILES string of the molecule is O=S(=O)(c1cc(Cl)cc(Cl)c1)N(CCCl)C1CC1. The van der Waals surface area contributed by atoms with Crippen molar-refractivity contribution in [3.8, 4) is 0 Å². The summed E-state index contributed by atoms with van der Waals surface area (Å²) in [5.41, 5.74) is 0. The molecule has 1 aliphatic rings. The predicted molar refractivity (Wildman–Crippen MR) is 74.1 cm³/mol. The lowest BCUT2D eigenvalue weighted by Gasteiger charge is -2.21. The Morgan fingerprint density at radius 3 is 2.17 bits per heavy atom. The molecule has 7 heteroatoms. The van der Waals surface area contributed by atoms with E-state index in [4.69, 9.17) is 34.8 Å². The fourth-order valence-electron chi connectivity index (χ4n) is 1.76. The number of rotatable bonds is 5. The largest absolute Gasteiger partial charge is 0.243 e. The maximum absolute atomic E-state index is 12.5. The van der Waals surface area contributed by atoms with Crippen LogP contribution in [0.4, 0.5) is 0 Å². The molecule has 1 aliphatic carbocycles. The van der Waals surface area contributed by atoms with Crippen LogP contribution in [0.1, 0.15) is 12.8 Å². The van der Waals surface area contributed by atoms with Gasteiger partial charge in [-0.2, -0.15) is 4.31 Å². The number of sulfonamides is 1. The van der Waals surface area contributed by atoms with Crippen molar-refractivity contribution in [3.63, 3.8) is 0 Å². The number of halogens is 3. The quantitative estimate of drug-likeness (QED) is 0.777. The smallest absolute Gasteiger partial charge is 0.207 e. The van der Waals surface area contributed by atoms with Gasteiger partial charge in [-0.05, 0) is 31.0 Å². The first-order valence-electron chi connectivity index (χ1n) is 5.49. The van der Waals surface area contributed by atoms with Crippen molar-refractivity contribution in [1.82, 2.24) is 4.31 Å². The molecule has 1 fully saturated rings. The van der Waals surface area contributed by atoms with Gasteiger partial charge in [0.25, 0.3) is 0 Å². The molecule has 0 unspecified atom stereocenters. The fraction of sp³-hybridized carbons (Fsp3) is 0.455. The Morgan fingerprint density at radius 1 is 1.17 bits per heavy atom. The summed E-state index contributed by atoms with van der Waals surface area (Å²) in [6.07, 6.45) is 1.76. The Hall–Kier alpha value is -0.000000000000000111. The zero-order chi connectivity index (χ0) is 13.3. The minimum absolute atomic E-state index is 0.0616. The zero-order valence-electron chi connectivity index (χ0n) is 9.44. The highest BCUT2D eigenvalue weighted by atomic mass is 35.5. The number of hydrogen-bond donors (Lipinski definition) is 0. The molecular formula is C11H12Cl3NO2S. The van der Waals surface area contributed by atoms with Gasteiger partial charge in [0.15, 0.2) is 0 Å². The molecule has 0 atom stereocenters. The second-order valence-corrected chi connectivity index (χ2v) is 7.28. The standard InChI is InChI=1S/C11H12Cl3NO2S/c12-3-4-15(10-1-2-10)18(16,17)11-6-8(13)5-9(14)7-11/h5-7,10H,1-4H2. The third-order valence-corrected chi connectivity index (χ3v) is 5.24. The first-order valence-corrected chi connectivity index (χ1v) is 8.22. The van der Waals surface area contributed by atoms with Crippen LogP contribution < -0.4 is 0 Å². The molecular weight excluding hydrogens is 317 g/mol. The minimum atomic E-state index is -3.56. The summed E-state index contributed by atoms with van der Waals surface area (Å²) in [6.45, 7) is 0.304. The van der Waals surface area contributed by atoms with Crippen LogP contribution in [-0.4, -0.2) is 31.2 Å². The maximum Gasteiger partial charge on any atom is 0.243 e. The van der Waals surface area contributed by atoms with Crippen LogP contribution in [0.25, 0.3) is 0 Å². The highest BCUT2D eigenvalue weighted by molar-refractivity contribution is 7.89. The molecule has 0 bridgehead atoms. The van der Waals surface area contributed by atoms with Crippen molar-refractivity contribution in [3.05, 3.63) is 28.2 Å². The summed E-state index contributed by atoms with van der Waals surface area (Å²) >= 11 is 17.3. The monoisotopic (exact) mass is 327 g/mol. The van der Waals surface area contributed by atoms with Crippen molar-refractivity contribution in [1.29, 1.82) is 0 Å². The Labute approximate surface area is 122 Å². The van der Waals surface area contributed by atoms with Gasteiger partial charge in [0, 0.05) is 28.5 Å². The number of alkyl halides is 1. The van der Waals surface area contributed by atoms with Crippen molar-refractivity contribution in [2.75, 3.05) is 12.4 Å². The molecule has 0 spiro atoms. The van der Waals surface area contributed by atoms with Gasteiger partial charge in [0.2, 0.25) is 10.0 Å². The highest BCUT2D eigenvalue weighted by Crippen LogP contribution is 2.33. The molecule has 0 saturated heterocycles. The normalized spacial score (nSPS) is 16.2. The first kappa shape index (κ1) is 14.4. The van der Waals surface area contributed by atoms with Gasteiger partial charge in [-0.15, -0.1) is 11.6 Å². The molecule has 18 heavy (non-hydrogen) atoms. The summed E-state index contributed by atoms with van der Waals surface area (Å²) in [6, 6.07) is 4.38. The number of hydrogen-bond acceptors (Lipinski definition) is 2. The molecule has 1 saturated carbocycles. The van der Waals surface area contributed by atoms with Gasteiger partial charge >= 0.3 is 0 Å². The number of nitrogens with zero attached hydrogens (tertiary/aromatic N) is 1. The molecule has 3 nitrogen and oxygen atoms in total. The molecule has 0 heterocycles. The Kier molecular flexibility index (Phi) is 4.44. The van der Waals surface area contributed by atoms with E-state index in [0.29, 0.717) is 16.6 Å². The predicted octanol–water partition coefficient (Wildman–Crippen LogP) is 3.39. The molecule has 0 amide bonds.